The predicted octanol–water partition coefficient (Wildman–Crippen LogP) is 35.7. The summed E-state index contributed by atoms with van der Waals surface area (Å²) in [5, 5.41) is 31.0. The number of ether oxygens (including phenoxy) is 12. The molecule has 0 N–H and O–H groups in total. The predicted molar refractivity (Wildman–Crippen MR) is 620 cm³/mol. The van der Waals surface area contributed by atoms with Crippen LogP contribution in [0.15, 0.2) is 218 Å². The van der Waals surface area contributed by atoms with Crippen molar-refractivity contribution in [3.8, 4) is 84.0 Å². The zero-order valence-electron chi connectivity index (χ0n) is 88.7. The SMILES string of the molecule is CCCCCCCCCCCCc1ccc(-c2cc3c4cc(-c5ccc(OCCOCCOCCOC)cc5)cc5c6cc(-c7ccc(CCCCCCCCCCCC)cc7)cc7c8cc(-c9ccc(OCCOCCOCCOC)cc9)cc9c%10cc(-c%11ccc(CCCCCCCCCCCC)cc%11)cc%11c%12cc(-c%13ccc(OCCOCCOCCOC)cc%13)cc%13c(c2)c3c2c(c45)c(c67)c(c89)c(c%11%10)c2c%13%12)cc1. The minimum absolute atomic E-state index is 0.415. The maximum absolute atomic E-state index is 6.51. The minimum Gasteiger partial charge on any atom is -0.491 e. The van der Waals surface area contributed by atoms with Crippen LogP contribution >= 0.6 is 0 Å². The second-order valence-electron chi connectivity index (χ2n) is 41.6. The third-order valence-electron chi connectivity index (χ3n) is 31.4. The highest BCUT2D eigenvalue weighted by Crippen LogP contribution is 2.63. The lowest BCUT2D eigenvalue weighted by atomic mass is 9.72. The van der Waals surface area contributed by atoms with Crippen molar-refractivity contribution in [1.82, 2.24) is 0 Å². The van der Waals surface area contributed by atoms with Crippen LogP contribution < -0.4 is 14.2 Å². The first-order valence-corrected chi connectivity index (χ1v) is 56.6. The van der Waals surface area contributed by atoms with Gasteiger partial charge < -0.3 is 56.8 Å². The van der Waals surface area contributed by atoms with Gasteiger partial charge in [-0.15, -0.1) is 0 Å². The number of hydrogen-bond acceptors (Lipinski definition) is 12. The van der Waals surface area contributed by atoms with Crippen LogP contribution in [0.1, 0.15) is 230 Å². The Morgan fingerprint density at radius 3 is 0.463 bits per heavy atom. The van der Waals surface area contributed by atoms with E-state index in [1.165, 1.54) is 372 Å². The highest BCUT2D eigenvalue weighted by Gasteiger charge is 2.34. The molecule has 0 saturated carbocycles. The van der Waals surface area contributed by atoms with Crippen molar-refractivity contribution < 1.29 is 56.8 Å². The van der Waals surface area contributed by atoms with Gasteiger partial charge in [-0.1, -0.05) is 303 Å². The molecular formula is C135H156O12. The van der Waals surface area contributed by atoms with Crippen molar-refractivity contribution in [2.75, 3.05) is 140 Å². The summed E-state index contributed by atoms with van der Waals surface area (Å²) in [5.74, 6) is 2.39. The maximum atomic E-state index is 6.51. The lowest BCUT2D eigenvalue weighted by Gasteiger charge is -2.30. The number of hydrogen-bond donors (Lipinski definition) is 0. The molecule has 0 bridgehead atoms. The van der Waals surface area contributed by atoms with Gasteiger partial charge >= 0.3 is 0 Å². The molecule has 0 fully saturated rings. The molecule has 0 radical (unpaired) electrons. The van der Waals surface area contributed by atoms with Gasteiger partial charge in [0.15, 0.2) is 0 Å². The van der Waals surface area contributed by atoms with Crippen LogP contribution in [0.5, 0.6) is 17.2 Å². The fourth-order valence-corrected chi connectivity index (χ4v) is 23.6. The summed E-state index contributed by atoms with van der Waals surface area (Å²) in [6.07, 6.45) is 42.8. The van der Waals surface area contributed by atoms with E-state index in [1.54, 1.807) is 21.3 Å². The van der Waals surface area contributed by atoms with E-state index in [0.717, 1.165) is 69.9 Å². The van der Waals surface area contributed by atoms with Gasteiger partial charge in [-0.05, 0) is 360 Å². The topological polar surface area (TPSA) is 111 Å². The summed E-state index contributed by atoms with van der Waals surface area (Å²) in [7, 11) is 5.08. The van der Waals surface area contributed by atoms with Gasteiger partial charge in [0.2, 0.25) is 0 Å². The molecule has 0 heterocycles. The van der Waals surface area contributed by atoms with Crippen molar-refractivity contribution in [1.29, 1.82) is 0 Å². The molecule has 0 unspecified atom stereocenters. The summed E-state index contributed by atoms with van der Waals surface area (Å²) in [6, 6.07) is 86.8. The Labute approximate surface area is 872 Å². The average molecular weight is 1970 g/mol. The number of methoxy groups -OCH3 is 3. The number of aryl methyl sites for hydroxylation is 3. The standard InChI is InChI=1S/C135H156O12/c1-7-10-13-16-19-22-25-28-31-34-37-94-40-46-97(47-41-94)103-82-112-118-88-106(100-52-58-109(59-53-100)145-79-76-142-73-70-139-67-64-136-4)90-120-114-84-104(98-48-42-95(43-49-98)38-35-32-29-26-23-20-17-14-11-8-2)86-116-122-92-108(102-56-62-111(63-57-102)147-81-78-144-75-72-141-69-66-138-6)93-123-117-87-105(99-50-44-96(45-51-99)39-36-33-30-27-24-21-18-15-12-9-3)85-115-121-91-107(101-54-60-110(61-55-101)146-80-77-143-74-71-140-68-65-137-5)89-119-113(83-103)124(112)130-133(127(118)120)131(125(114)116)135(129(122)123)132(126(115)117)134(130)128(119)121/h40-63,82-93H,7-39,64-81H2,1-6H3. The molecule has 0 aliphatic rings. The van der Waals surface area contributed by atoms with E-state index < -0.39 is 0 Å². The van der Waals surface area contributed by atoms with Crippen molar-refractivity contribution in [3.05, 3.63) is 235 Å². The first-order valence-electron chi connectivity index (χ1n) is 56.6. The molecule has 0 amide bonds. The van der Waals surface area contributed by atoms with Gasteiger partial charge in [0.25, 0.3) is 0 Å². The molecule has 0 aliphatic heterocycles. The van der Waals surface area contributed by atoms with Crippen LogP contribution in [-0.4, -0.2) is 140 Å². The normalized spacial score (nSPS) is 12.3. The molecule has 12 nitrogen and oxygen atoms in total. The average Bonchev–Trinajstić information content (AvgIpc) is 0.639. The lowest BCUT2D eigenvalue weighted by Crippen LogP contribution is -2.12. The Morgan fingerprint density at radius 1 is 0.143 bits per heavy atom. The maximum Gasteiger partial charge on any atom is 0.119 e. The second kappa shape index (κ2) is 52.9. The second-order valence-corrected chi connectivity index (χ2v) is 41.6. The number of rotatable bonds is 69. The summed E-state index contributed by atoms with van der Waals surface area (Å²) < 4.78 is 70.3. The molecule has 0 aliphatic carbocycles. The Kier molecular flexibility index (Phi) is 37.5. The summed E-state index contributed by atoms with van der Waals surface area (Å²) in [6.45, 7) is 15.8. The largest absolute Gasteiger partial charge is 0.491 e. The molecule has 0 saturated heterocycles. The lowest BCUT2D eigenvalue weighted by molar-refractivity contribution is 0.0180. The van der Waals surface area contributed by atoms with Crippen molar-refractivity contribution in [3.63, 3.8) is 0 Å². The van der Waals surface area contributed by atoms with Crippen LogP contribution in [0.25, 0.3) is 196 Å². The van der Waals surface area contributed by atoms with Crippen molar-refractivity contribution >= 4 is 129 Å². The van der Waals surface area contributed by atoms with Crippen LogP contribution in [0.4, 0.5) is 0 Å². The van der Waals surface area contributed by atoms with E-state index >= 15 is 0 Å². The number of unbranched alkanes of at least 4 members (excludes halogenated alkanes) is 27. The Morgan fingerprint density at radius 2 is 0.293 bits per heavy atom. The molecule has 19 aromatic rings. The zero-order valence-corrected chi connectivity index (χ0v) is 88.7. The Balaban J connectivity index is 0.835. The molecular weight excluding hydrogens is 1810 g/mol. The highest BCUT2D eigenvalue weighted by molar-refractivity contribution is 6.61. The smallest absolute Gasteiger partial charge is 0.119 e. The van der Waals surface area contributed by atoms with E-state index in [0.29, 0.717) is 119 Å². The van der Waals surface area contributed by atoms with Crippen molar-refractivity contribution in [2.45, 2.75) is 233 Å². The zero-order chi connectivity index (χ0) is 100. The van der Waals surface area contributed by atoms with Gasteiger partial charge in [-0.3, -0.25) is 0 Å². The van der Waals surface area contributed by atoms with Crippen LogP contribution in [0.3, 0.4) is 0 Å². The van der Waals surface area contributed by atoms with E-state index in [-0.39, 0.29) is 0 Å². The third kappa shape index (κ3) is 24.8. The number of fused-ring (bicyclic) bond motifs is 6. The molecule has 768 valence electrons. The van der Waals surface area contributed by atoms with Crippen molar-refractivity contribution in [2.24, 2.45) is 0 Å². The van der Waals surface area contributed by atoms with E-state index in [2.05, 4.69) is 239 Å². The number of benzene rings is 19. The summed E-state index contributed by atoms with van der Waals surface area (Å²) >= 11 is 0. The molecule has 0 aromatic heterocycles. The minimum atomic E-state index is 0.415. The highest BCUT2D eigenvalue weighted by atomic mass is 16.6. The van der Waals surface area contributed by atoms with Crippen LogP contribution in [-0.2, 0) is 61.9 Å². The van der Waals surface area contributed by atoms with E-state index in [9.17, 15) is 0 Å². The van der Waals surface area contributed by atoms with Gasteiger partial charge in [0.1, 0.15) is 37.1 Å². The quantitative estimate of drug-likeness (QED) is 0.0206. The molecule has 147 heavy (non-hydrogen) atoms. The first-order chi connectivity index (χ1) is 72.8. The van der Waals surface area contributed by atoms with Crippen LogP contribution in [0, 0.1) is 0 Å². The molecule has 19 rings (SSSR count). The molecule has 0 atom stereocenters. The van der Waals surface area contributed by atoms with Gasteiger partial charge in [-0.2, -0.15) is 0 Å². The molecule has 19 aromatic carbocycles. The van der Waals surface area contributed by atoms with Gasteiger partial charge in [0, 0.05) is 21.3 Å². The van der Waals surface area contributed by atoms with Gasteiger partial charge in [-0.25, -0.2) is 0 Å². The van der Waals surface area contributed by atoms with Gasteiger partial charge in [0.05, 0.1) is 99.1 Å². The van der Waals surface area contributed by atoms with E-state index in [4.69, 9.17) is 56.8 Å². The Hall–Kier alpha value is -11.1. The third-order valence-corrected chi connectivity index (χ3v) is 31.4. The summed E-state index contributed by atoms with van der Waals surface area (Å²) in [5.41, 5.74) is 18.3. The summed E-state index contributed by atoms with van der Waals surface area (Å²) in [4.78, 5) is 0. The Bertz CT molecular complexity index is 6060. The monoisotopic (exact) mass is 1970 g/mol. The van der Waals surface area contributed by atoms with E-state index in [1.807, 2.05) is 0 Å². The molecule has 12 heteroatoms. The first kappa shape index (κ1) is 104. The fourth-order valence-electron chi connectivity index (χ4n) is 23.6. The van der Waals surface area contributed by atoms with Crippen LogP contribution in [0.2, 0.25) is 0 Å². The fraction of sp³-hybridized carbons (Fsp3) is 0.422. The molecule has 0 spiro atoms.